The molecule has 0 aromatic carbocycles. The average Bonchev–Trinajstić information content (AvgIpc) is 2.72. The minimum Gasteiger partial charge on any atom is -0.267 e. The Balaban J connectivity index is 1.62. The molecule has 0 unspecified atom stereocenters. The van der Waals surface area contributed by atoms with Gasteiger partial charge in [0, 0.05) is 24.0 Å². The van der Waals surface area contributed by atoms with Gasteiger partial charge in [-0.3, -0.25) is 9.78 Å². The molecule has 17 heavy (non-hydrogen) atoms. The quantitative estimate of drug-likeness (QED) is 0.618. The fourth-order valence-corrected chi connectivity index (χ4v) is 2.35. The summed E-state index contributed by atoms with van der Waals surface area (Å²) >= 11 is 0. The Kier molecular flexibility index (Phi) is 2.48. The molecular weight excluding hydrogens is 214 g/mol. The fourth-order valence-electron chi connectivity index (χ4n) is 2.35. The Morgan fingerprint density at radius 2 is 2.47 bits per heavy atom. The molecule has 1 fully saturated rings. The van der Waals surface area contributed by atoms with Gasteiger partial charge < -0.3 is 0 Å². The molecule has 1 aromatic rings. The van der Waals surface area contributed by atoms with Crippen LogP contribution in [0.5, 0.6) is 0 Å². The van der Waals surface area contributed by atoms with E-state index in [0.717, 1.165) is 18.6 Å². The summed E-state index contributed by atoms with van der Waals surface area (Å²) in [7, 11) is 0. The number of nitrogens with zero attached hydrogens (tertiary/aromatic N) is 2. The minimum absolute atomic E-state index is 0.194. The molecule has 1 aromatic heterocycles. The maximum Gasteiger partial charge on any atom is 0.272 e. The molecule has 0 spiro atoms. The topological polar surface area (TPSA) is 54.4 Å². The maximum atomic E-state index is 11.7. The Bertz CT molecular complexity index is 493. The van der Waals surface area contributed by atoms with Crippen LogP contribution in [0.15, 0.2) is 41.8 Å². The second-order valence-electron chi connectivity index (χ2n) is 4.42. The van der Waals surface area contributed by atoms with E-state index in [0.29, 0.717) is 17.4 Å². The lowest BCUT2D eigenvalue weighted by molar-refractivity contribution is 0.0953. The van der Waals surface area contributed by atoms with Gasteiger partial charge in [-0.25, -0.2) is 5.43 Å². The first kappa shape index (κ1) is 10.2. The maximum absolute atomic E-state index is 11.7. The summed E-state index contributed by atoms with van der Waals surface area (Å²) in [6, 6.07) is 3.46. The lowest BCUT2D eigenvalue weighted by Crippen LogP contribution is -2.35. The third-order valence-electron chi connectivity index (χ3n) is 3.39. The van der Waals surface area contributed by atoms with E-state index in [2.05, 4.69) is 27.7 Å². The molecule has 0 aliphatic heterocycles. The number of fused-ring (bicyclic) bond motifs is 1. The molecule has 4 heteroatoms. The second kappa shape index (κ2) is 4.13. The Morgan fingerprint density at radius 3 is 3.24 bits per heavy atom. The van der Waals surface area contributed by atoms with E-state index in [1.165, 1.54) is 6.20 Å². The van der Waals surface area contributed by atoms with Crippen molar-refractivity contribution >= 4 is 11.6 Å². The summed E-state index contributed by atoms with van der Waals surface area (Å²) in [6.07, 6.45) is 9.66. The molecule has 2 aliphatic carbocycles. The van der Waals surface area contributed by atoms with Gasteiger partial charge in [0.1, 0.15) is 0 Å². The van der Waals surface area contributed by atoms with Crippen molar-refractivity contribution in [3.8, 4) is 0 Å². The van der Waals surface area contributed by atoms with Crippen LogP contribution in [0.3, 0.4) is 0 Å². The molecule has 0 radical (unpaired) electrons. The zero-order chi connectivity index (χ0) is 11.7. The molecule has 0 saturated heterocycles. The number of rotatable bonds is 2. The Morgan fingerprint density at radius 1 is 1.53 bits per heavy atom. The van der Waals surface area contributed by atoms with E-state index < -0.39 is 0 Å². The van der Waals surface area contributed by atoms with Crippen molar-refractivity contribution in [3.05, 3.63) is 42.2 Å². The van der Waals surface area contributed by atoms with Crippen LogP contribution in [0.4, 0.5) is 0 Å². The minimum atomic E-state index is -0.194. The third kappa shape index (κ3) is 1.86. The van der Waals surface area contributed by atoms with Gasteiger partial charge in [-0.1, -0.05) is 12.2 Å². The molecule has 0 bridgehead atoms. The van der Waals surface area contributed by atoms with Gasteiger partial charge in [0.15, 0.2) is 0 Å². The van der Waals surface area contributed by atoms with Crippen molar-refractivity contribution < 1.29 is 4.79 Å². The third-order valence-corrected chi connectivity index (χ3v) is 3.39. The number of hydrogen-bond acceptors (Lipinski definition) is 3. The largest absolute Gasteiger partial charge is 0.272 e. The van der Waals surface area contributed by atoms with E-state index in [9.17, 15) is 4.79 Å². The zero-order valence-corrected chi connectivity index (χ0v) is 9.34. The van der Waals surface area contributed by atoms with Gasteiger partial charge in [-0.15, -0.1) is 0 Å². The average molecular weight is 227 g/mol. The lowest BCUT2D eigenvalue weighted by atomic mass is 9.74. The van der Waals surface area contributed by atoms with Crippen LogP contribution in [0.1, 0.15) is 23.2 Å². The smallest absolute Gasteiger partial charge is 0.267 e. The number of aromatic nitrogens is 1. The highest BCUT2D eigenvalue weighted by Gasteiger charge is 2.37. The number of allylic oxidation sites excluding steroid dienone is 2. The van der Waals surface area contributed by atoms with Crippen LogP contribution >= 0.6 is 0 Å². The van der Waals surface area contributed by atoms with E-state index in [4.69, 9.17) is 0 Å². The van der Waals surface area contributed by atoms with Gasteiger partial charge >= 0.3 is 0 Å². The number of nitrogens with one attached hydrogen (secondary N) is 1. The standard InChI is InChI=1S/C13H13N3O/c17-13(10-4-2-6-14-8-10)16-15-12-7-9-3-1-5-11(9)12/h1-4,6,8-9,11H,5,7H2,(H,16,17)/b15-12-/t9-,11-/m0/s1. The molecule has 1 N–H and O–H groups in total. The SMILES string of the molecule is O=C(N/N=C1/C[C@@H]2C=CC[C@H]12)c1cccnc1. The van der Waals surface area contributed by atoms with E-state index in [1.807, 2.05) is 0 Å². The van der Waals surface area contributed by atoms with Crippen LogP contribution in [0, 0.1) is 11.8 Å². The normalized spacial score (nSPS) is 27.6. The number of hydrogen-bond donors (Lipinski definition) is 1. The number of amides is 1. The van der Waals surface area contributed by atoms with Crippen molar-refractivity contribution in [2.24, 2.45) is 16.9 Å². The predicted molar refractivity (Wildman–Crippen MR) is 64.5 cm³/mol. The molecule has 86 valence electrons. The first-order valence-corrected chi connectivity index (χ1v) is 5.78. The molecule has 2 atom stereocenters. The van der Waals surface area contributed by atoms with Gasteiger partial charge in [0.25, 0.3) is 5.91 Å². The van der Waals surface area contributed by atoms with Crippen LogP contribution in [-0.2, 0) is 0 Å². The van der Waals surface area contributed by atoms with Crippen LogP contribution in [0.25, 0.3) is 0 Å². The number of carbonyl (C=O) groups excluding carboxylic acids is 1. The number of pyridine rings is 1. The van der Waals surface area contributed by atoms with E-state index >= 15 is 0 Å². The van der Waals surface area contributed by atoms with Gasteiger partial charge in [-0.2, -0.15) is 5.10 Å². The van der Waals surface area contributed by atoms with Crippen LogP contribution < -0.4 is 5.43 Å². The second-order valence-corrected chi connectivity index (χ2v) is 4.42. The summed E-state index contributed by atoms with van der Waals surface area (Å²) in [5.74, 6) is 0.994. The molecular formula is C13H13N3O. The van der Waals surface area contributed by atoms with Gasteiger partial charge in [0.2, 0.25) is 0 Å². The van der Waals surface area contributed by atoms with Crippen LogP contribution in [-0.4, -0.2) is 16.6 Å². The van der Waals surface area contributed by atoms with Crippen molar-refractivity contribution in [1.82, 2.24) is 10.4 Å². The lowest BCUT2D eigenvalue weighted by Gasteiger charge is -2.31. The first-order chi connectivity index (χ1) is 8.34. The van der Waals surface area contributed by atoms with Gasteiger partial charge in [-0.05, 0) is 30.9 Å². The first-order valence-electron chi connectivity index (χ1n) is 5.78. The van der Waals surface area contributed by atoms with Crippen molar-refractivity contribution in [2.45, 2.75) is 12.8 Å². The number of carbonyl (C=O) groups is 1. The van der Waals surface area contributed by atoms with Gasteiger partial charge in [0.05, 0.1) is 5.56 Å². The molecule has 1 saturated carbocycles. The predicted octanol–water partition coefficient (Wildman–Crippen LogP) is 1.76. The Labute approximate surface area is 99.4 Å². The fraction of sp³-hybridized carbons (Fsp3) is 0.308. The van der Waals surface area contributed by atoms with Crippen LogP contribution in [0.2, 0.25) is 0 Å². The Hall–Kier alpha value is -1.97. The van der Waals surface area contributed by atoms with Crippen molar-refractivity contribution in [2.75, 3.05) is 0 Å². The van der Waals surface area contributed by atoms with E-state index in [-0.39, 0.29) is 5.91 Å². The molecule has 4 nitrogen and oxygen atoms in total. The zero-order valence-electron chi connectivity index (χ0n) is 9.34. The highest BCUT2D eigenvalue weighted by atomic mass is 16.2. The summed E-state index contributed by atoms with van der Waals surface area (Å²) in [4.78, 5) is 15.6. The summed E-state index contributed by atoms with van der Waals surface area (Å²) in [6.45, 7) is 0. The molecule has 3 rings (SSSR count). The molecule has 1 heterocycles. The molecule has 2 aliphatic rings. The summed E-state index contributed by atoms with van der Waals surface area (Å²) in [5, 5.41) is 4.20. The highest BCUT2D eigenvalue weighted by Crippen LogP contribution is 2.39. The van der Waals surface area contributed by atoms with Crippen molar-refractivity contribution in [3.63, 3.8) is 0 Å². The van der Waals surface area contributed by atoms with Crippen molar-refractivity contribution in [1.29, 1.82) is 0 Å². The summed E-state index contributed by atoms with van der Waals surface area (Å²) < 4.78 is 0. The molecule has 1 amide bonds. The number of hydrazone groups is 1. The summed E-state index contributed by atoms with van der Waals surface area (Å²) in [5.41, 5.74) is 4.24. The van der Waals surface area contributed by atoms with E-state index in [1.54, 1.807) is 18.3 Å². The monoisotopic (exact) mass is 227 g/mol. The highest BCUT2D eigenvalue weighted by molar-refractivity contribution is 5.97.